The Labute approximate surface area is 216 Å². The van der Waals surface area contributed by atoms with E-state index >= 15 is 0 Å². The highest BCUT2D eigenvalue weighted by Gasteiger charge is 2.36. The SMILES string of the molecule is [2H]C([2H])([2H])C([2H])([2H])C1c2nnc(C)n2-c2cnc(-n3ccnc3-c3ccc(OC(F)(F)F)cc3)nc2N1C([2H])(C([2H])([2H])[2H])C([2H])([2H])[2H]. The number of aromatic nitrogens is 7. The van der Waals surface area contributed by atoms with E-state index in [-0.39, 0.29) is 33.7 Å². The van der Waals surface area contributed by atoms with E-state index in [0.29, 0.717) is 0 Å². The molecule has 0 saturated carbocycles. The fraction of sp³-hybridized carbons (Fsp3) is 0.348. The van der Waals surface area contributed by atoms with Crippen molar-refractivity contribution in [1.82, 2.24) is 34.3 Å². The third-order valence-corrected chi connectivity index (χ3v) is 5.14. The first-order chi connectivity index (χ1) is 21.4. The van der Waals surface area contributed by atoms with Gasteiger partial charge in [-0.2, -0.15) is 4.98 Å². The zero-order valence-corrected chi connectivity index (χ0v) is 17.7. The van der Waals surface area contributed by atoms with Crippen LogP contribution < -0.4 is 9.64 Å². The number of imidazole rings is 1. The molecule has 1 aromatic carbocycles. The van der Waals surface area contributed by atoms with Gasteiger partial charge in [0.15, 0.2) is 11.6 Å². The summed E-state index contributed by atoms with van der Waals surface area (Å²) in [6, 6.07) is -1.55. The molecule has 3 aromatic heterocycles. The molecule has 1 unspecified atom stereocenters. The van der Waals surface area contributed by atoms with Gasteiger partial charge in [-0.25, -0.2) is 9.97 Å². The van der Waals surface area contributed by atoms with Crippen LogP contribution in [0.3, 0.4) is 0 Å². The molecule has 0 radical (unpaired) electrons. The van der Waals surface area contributed by atoms with Crippen LogP contribution in [0.25, 0.3) is 23.0 Å². The van der Waals surface area contributed by atoms with Gasteiger partial charge in [-0.05, 0) is 51.3 Å². The number of nitrogens with zero attached hydrogens (tertiary/aromatic N) is 8. The summed E-state index contributed by atoms with van der Waals surface area (Å²) >= 11 is 0. The van der Waals surface area contributed by atoms with Gasteiger partial charge in [-0.15, -0.1) is 23.4 Å². The fourth-order valence-corrected chi connectivity index (χ4v) is 3.75. The molecule has 35 heavy (non-hydrogen) atoms. The second-order valence-corrected chi connectivity index (χ2v) is 7.28. The van der Waals surface area contributed by atoms with Gasteiger partial charge in [0.1, 0.15) is 23.1 Å². The number of rotatable bonds is 5. The quantitative estimate of drug-likeness (QED) is 0.392. The van der Waals surface area contributed by atoms with Crippen molar-refractivity contribution in [3.05, 3.63) is 54.5 Å². The van der Waals surface area contributed by atoms with Crippen molar-refractivity contribution >= 4 is 5.82 Å². The van der Waals surface area contributed by atoms with Crippen molar-refractivity contribution in [2.24, 2.45) is 0 Å². The first-order valence-corrected chi connectivity index (χ1v) is 9.89. The lowest BCUT2D eigenvalue weighted by Gasteiger charge is -2.39. The summed E-state index contributed by atoms with van der Waals surface area (Å²) in [6.07, 6.45) is -4.70. The summed E-state index contributed by atoms with van der Waals surface area (Å²) in [5, 5.41) is 7.76. The number of ether oxygens (including phenoxy) is 1. The second-order valence-electron chi connectivity index (χ2n) is 7.28. The molecule has 12 heteroatoms. The van der Waals surface area contributed by atoms with Crippen molar-refractivity contribution in [3.63, 3.8) is 0 Å². The van der Waals surface area contributed by atoms with Crippen LogP contribution >= 0.6 is 0 Å². The normalized spacial score (nSPS) is 22.2. The minimum atomic E-state index is -4.94. The van der Waals surface area contributed by atoms with E-state index in [4.69, 9.17) is 16.4 Å². The largest absolute Gasteiger partial charge is 0.573 e. The van der Waals surface area contributed by atoms with Crippen molar-refractivity contribution in [2.45, 2.75) is 52.3 Å². The van der Waals surface area contributed by atoms with E-state index in [1.807, 2.05) is 0 Å². The standard InChI is InChI=1S/C23H23F3N8O/c1-5-17-21-31-30-14(4)34(21)18-12-28-22(29-20(18)33(17)13(2)3)32-11-10-27-19(32)15-6-8-16(9-7-15)35-23(24,25)26/h6-13,17H,5H2,1-4H3/i1D3,2D3,3D3,5D2,13D. The monoisotopic (exact) mass is 496 g/mol. The Morgan fingerprint density at radius 3 is 2.71 bits per heavy atom. The number of fused-ring (bicyclic) bond motifs is 3. The Hall–Kier alpha value is -3.96. The average Bonchev–Trinajstić information content (AvgIpc) is 3.56. The number of hydrogen-bond acceptors (Lipinski definition) is 7. The Bertz CT molecular complexity index is 1780. The van der Waals surface area contributed by atoms with Crippen LogP contribution in [0.5, 0.6) is 5.75 Å². The summed E-state index contributed by atoms with van der Waals surface area (Å²) in [5.74, 6) is -1.92. The molecule has 0 amide bonds. The maximum absolute atomic E-state index is 12.7. The van der Waals surface area contributed by atoms with E-state index in [1.54, 1.807) is 0 Å². The number of alkyl halides is 3. The van der Waals surface area contributed by atoms with Gasteiger partial charge in [-0.3, -0.25) is 9.13 Å². The number of benzene rings is 1. The molecular formula is C23H23F3N8O. The molecule has 1 aliphatic heterocycles. The molecule has 0 N–H and O–H groups in total. The Morgan fingerprint density at radius 2 is 2.00 bits per heavy atom. The van der Waals surface area contributed by atoms with Crippen LogP contribution in [-0.2, 0) is 0 Å². The van der Waals surface area contributed by atoms with Crippen LogP contribution in [0.2, 0.25) is 0 Å². The van der Waals surface area contributed by atoms with Crippen LogP contribution in [0.1, 0.15) is 61.1 Å². The smallest absolute Gasteiger partial charge is 0.406 e. The Kier molecular flexibility index (Phi) is 3.02. The highest BCUT2D eigenvalue weighted by Crippen LogP contribution is 2.40. The minimum Gasteiger partial charge on any atom is -0.406 e. The molecule has 1 atom stereocenters. The highest BCUT2D eigenvalue weighted by molar-refractivity contribution is 5.64. The van der Waals surface area contributed by atoms with Crippen LogP contribution in [-0.4, -0.2) is 46.7 Å². The molecular weight excluding hydrogens is 461 g/mol. The molecule has 0 saturated heterocycles. The number of halogens is 3. The van der Waals surface area contributed by atoms with Crippen LogP contribution in [0.4, 0.5) is 19.0 Å². The summed E-state index contributed by atoms with van der Waals surface area (Å²) in [5.41, 5.74) is 0.0420. The van der Waals surface area contributed by atoms with Crippen molar-refractivity contribution < 1.29 is 34.4 Å². The maximum atomic E-state index is 12.7. The van der Waals surface area contributed by atoms with Crippen molar-refractivity contribution in [1.29, 1.82) is 0 Å². The van der Waals surface area contributed by atoms with Gasteiger partial charge < -0.3 is 9.64 Å². The van der Waals surface area contributed by atoms with E-state index < -0.39 is 62.7 Å². The van der Waals surface area contributed by atoms with Gasteiger partial charge in [0.25, 0.3) is 0 Å². The topological polar surface area (TPSA) is 86.8 Å². The van der Waals surface area contributed by atoms with Gasteiger partial charge in [-0.1, -0.05) is 6.85 Å². The van der Waals surface area contributed by atoms with Gasteiger partial charge >= 0.3 is 6.36 Å². The minimum absolute atomic E-state index is 0.0465. The predicted molar refractivity (Wildman–Crippen MR) is 122 cm³/mol. The van der Waals surface area contributed by atoms with E-state index in [9.17, 15) is 13.2 Å². The van der Waals surface area contributed by atoms with Crippen LogP contribution in [0, 0.1) is 6.92 Å². The summed E-state index contributed by atoms with van der Waals surface area (Å²) in [7, 11) is 0. The number of anilines is 1. The fourth-order valence-electron chi connectivity index (χ4n) is 3.75. The third-order valence-electron chi connectivity index (χ3n) is 5.14. The molecule has 9 nitrogen and oxygen atoms in total. The Balaban J connectivity index is 1.79. The van der Waals surface area contributed by atoms with E-state index in [0.717, 1.165) is 22.9 Å². The molecule has 0 aliphatic carbocycles. The van der Waals surface area contributed by atoms with Gasteiger partial charge in [0.05, 0.1) is 13.6 Å². The Morgan fingerprint density at radius 1 is 1.20 bits per heavy atom. The van der Waals surface area contributed by atoms with Crippen molar-refractivity contribution in [3.8, 4) is 28.8 Å². The lowest BCUT2D eigenvalue weighted by molar-refractivity contribution is -0.274. The first kappa shape index (κ1) is 12.7. The lowest BCUT2D eigenvalue weighted by atomic mass is 10.1. The summed E-state index contributed by atoms with van der Waals surface area (Å²) in [4.78, 5) is 13.1. The molecule has 5 rings (SSSR count). The zero-order valence-electron chi connectivity index (χ0n) is 29.7. The maximum Gasteiger partial charge on any atom is 0.573 e. The average molecular weight is 497 g/mol. The highest BCUT2D eigenvalue weighted by atomic mass is 19.4. The van der Waals surface area contributed by atoms with Gasteiger partial charge in [0, 0.05) is 39.1 Å². The molecule has 0 spiro atoms. The lowest BCUT2D eigenvalue weighted by Crippen LogP contribution is -2.40. The number of aryl methyl sites for hydroxylation is 1. The van der Waals surface area contributed by atoms with Crippen molar-refractivity contribution in [2.75, 3.05) is 4.90 Å². The van der Waals surface area contributed by atoms with E-state index in [2.05, 4.69) is 29.9 Å². The third kappa shape index (κ3) is 3.98. The summed E-state index contributed by atoms with van der Waals surface area (Å²) < 4.78 is 144. The van der Waals surface area contributed by atoms with E-state index in [1.165, 1.54) is 36.0 Å². The molecule has 4 heterocycles. The molecule has 182 valence electrons. The molecule has 0 bridgehead atoms. The zero-order chi connectivity index (χ0) is 35.1. The van der Waals surface area contributed by atoms with Crippen LogP contribution in [0.15, 0.2) is 42.9 Å². The van der Waals surface area contributed by atoms with Gasteiger partial charge in [0.2, 0.25) is 5.95 Å². The summed E-state index contributed by atoms with van der Waals surface area (Å²) in [6.45, 7) is -9.58. The molecule has 4 aromatic rings. The second kappa shape index (κ2) is 8.36. The first-order valence-electron chi connectivity index (χ1n) is 15.9. The molecule has 1 aliphatic rings. The number of hydrogen-bond donors (Lipinski definition) is 0. The predicted octanol–water partition coefficient (Wildman–Crippen LogP) is 4.80. The molecule has 0 fully saturated rings.